The molecule has 3 rings (SSSR count). The lowest BCUT2D eigenvalue weighted by atomic mass is 10.1. The zero-order valence-corrected chi connectivity index (χ0v) is 13.1. The predicted molar refractivity (Wildman–Crippen MR) is 86.5 cm³/mol. The van der Waals surface area contributed by atoms with E-state index in [1.54, 1.807) is 17.2 Å². The van der Waals surface area contributed by atoms with E-state index in [9.17, 15) is 9.59 Å². The lowest BCUT2D eigenvalue weighted by molar-refractivity contribution is 0.0696. The van der Waals surface area contributed by atoms with Gasteiger partial charge in [0.1, 0.15) is 6.61 Å². The average Bonchev–Trinajstić information content (AvgIpc) is 3.10. The van der Waals surface area contributed by atoms with Crippen molar-refractivity contribution in [2.75, 3.05) is 6.54 Å². The van der Waals surface area contributed by atoms with Gasteiger partial charge in [0, 0.05) is 18.9 Å². The Kier molecular flexibility index (Phi) is 4.74. The number of pyridine rings is 1. The van der Waals surface area contributed by atoms with Gasteiger partial charge >= 0.3 is 12.1 Å². The standard InChI is InChI=1S/C18H18N2O4/c21-17(22)15-9-14(10-19-11-15)16-7-4-8-20(16)18(23)24-12-13-5-2-1-3-6-13/h1-3,5-6,9-11,16H,4,7-8,12H2,(H,21,22). The molecule has 1 amide bonds. The smallest absolute Gasteiger partial charge is 0.410 e. The van der Waals surface area contributed by atoms with Crippen molar-refractivity contribution in [1.29, 1.82) is 0 Å². The van der Waals surface area contributed by atoms with Gasteiger partial charge in [0.15, 0.2) is 0 Å². The molecule has 0 radical (unpaired) electrons. The van der Waals surface area contributed by atoms with Gasteiger partial charge in [0.2, 0.25) is 0 Å². The fraction of sp³-hybridized carbons (Fsp3) is 0.278. The maximum absolute atomic E-state index is 12.4. The van der Waals surface area contributed by atoms with E-state index in [2.05, 4.69) is 4.98 Å². The minimum absolute atomic E-state index is 0.122. The molecule has 0 aliphatic carbocycles. The van der Waals surface area contributed by atoms with E-state index in [1.807, 2.05) is 30.3 Å². The Morgan fingerprint density at radius 3 is 2.79 bits per heavy atom. The molecule has 2 heterocycles. The van der Waals surface area contributed by atoms with Crippen LogP contribution in [0.15, 0.2) is 48.8 Å². The second-order valence-electron chi connectivity index (χ2n) is 5.70. The largest absolute Gasteiger partial charge is 0.478 e. The Labute approximate surface area is 139 Å². The van der Waals surface area contributed by atoms with Crippen LogP contribution >= 0.6 is 0 Å². The fourth-order valence-corrected chi connectivity index (χ4v) is 2.89. The molecule has 1 atom stereocenters. The Hall–Kier alpha value is -2.89. The molecule has 1 saturated heterocycles. The summed E-state index contributed by atoms with van der Waals surface area (Å²) < 4.78 is 5.39. The topological polar surface area (TPSA) is 79.7 Å². The molecule has 6 nitrogen and oxygen atoms in total. The quantitative estimate of drug-likeness (QED) is 0.933. The van der Waals surface area contributed by atoms with E-state index in [-0.39, 0.29) is 24.3 Å². The number of hydrogen-bond acceptors (Lipinski definition) is 4. The third-order valence-corrected chi connectivity index (χ3v) is 4.08. The lowest BCUT2D eigenvalue weighted by Crippen LogP contribution is -2.31. The number of nitrogens with zero attached hydrogens (tertiary/aromatic N) is 2. The molecule has 1 unspecified atom stereocenters. The van der Waals surface area contributed by atoms with Crippen LogP contribution in [0, 0.1) is 0 Å². The minimum atomic E-state index is -1.03. The van der Waals surface area contributed by atoms with Gasteiger partial charge in [0.25, 0.3) is 0 Å². The first-order valence-electron chi connectivity index (χ1n) is 7.80. The van der Waals surface area contributed by atoms with Crippen LogP contribution in [-0.2, 0) is 11.3 Å². The van der Waals surface area contributed by atoms with Gasteiger partial charge in [-0.2, -0.15) is 0 Å². The summed E-state index contributed by atoms with van der Waals surface area (Å²) in [5.74, 6) is -1.03. The first-order chi connectivity index (χ1) is 11.6. The van der Waals surface area contributed by atoms with Crippen LogP contribution in [-0.4, -0.2) is 33.6 Å². The molecule has 1 aliphatic heterocycles. The highest BCUT2D eigenvalue weighted by Gasteiger charge is 2.31. The molecule has 2 aromatic rings. The molecule has 1 aromatic carbocycles. The van der Waals surface area contributed by atoms with Crippen molar-refractivity contribution >= 4 is 12.1 Å². The number of carbonyl (C=O) groups is 2. The van der Waals surface area contributed by atoms with Gasteiger partial charge in [-0.1, -0.05) is 30.3 Å². The van der Waals surface area contributed by atoms with Gasteiger partial charge in [-0.15, -0.1) is 0 Å². The molecule has 0 spiro atoms. The van der Waals surface area contributed by atoms with E-state index in [1.165, 1.54) is 6.20 Å². The van der Waals surface area contributed by atoms with Crippen LogP contribution in [0.2, 0.25) is 0 Å². The molecule has 1 fully saturated rings. The van der Waals surface area contributed by atoms with Crippen molar-refractivity contribution in [2.24, 2.45) is 0 Å². The summed E-state index contributed by atoms with van der Waals surface area (Å²) in [5.41, 5.74) is 1.78. The van der Waals surface area contributed by atoms with E-state index >= 15 is 0 Å². The number of likely N-dealkylation sites (tertiary alicyclic amines) is 1. The summed E-state index contributed by atoms with van der Waals surface area (Å²) in [6.07, 6.45) is 4.15. The monoisotopic (exact) mass is 326 g/mol. The molecule has 24 heavy (non-hydrogen) atoms. The summed E-state index contributed by atoms with van der Waals surface area (Å²) in [4.78, 5) is 29.1. The first kappa shape index (κ1) is 16.0. The number of carboxylic acid groups (broad SMARTS) is 1. The molecule has 0 bridgehead atoms. The van der Waals surface area contributed by atoms with Crippen LogP contribution in [0.3, 0.4) is 0 Å². The van der Waals surface area contributed by atoms with Crippen LogP contribution in [0.25, 0.3) is 0 Å². The molecule has 1 aromatic heterocycles. The average molecular weight is 326 g/mol. The normalized spacial score (nSPS) is 16.8. The molecule has 1 N–H and O–H groups in total. The van der Waals surface area contributed by atoms with E-state index < -0.39 is 5.97 Å². The van der Waals surface area contributed by atoms with Crippen molar-refractivity contribution in [3.05, 3.63) is 65.5 Å². The maximum Gasteiger partial charge on any atom is 0.410 e. The number of carbonyl (C=O) groups excluding carboxylic acids is 1. The van der Waals surface area contributed by atoms with E-state index in [4.69, 9.17) is 9.84 Å². The number of carboxylic acids is 1. The highest BCUT2D eigenvalue weighted by Crippen LogP contribution is 2.32. The number of hydrogen-bond donors (Lipinski definition) is 1. The van der Waals surface area contributed by atoms with Gasteiger partial charge < -0.3 is 14.7 Å². The minimum Gasteiger partial charge on any atom is -0.478 e. The van der Waals surface area contributed by atoms with Crippen molar-refractivity contribution in [3.63, 3.8) is 0 Å². The van der Waals surface area contributed by atoms with Gasteiger partial charge in [-0.25, -0.2) is 9.59 Å². The fourth-order valence-electron chi connectivity index (χ4n) is 2.89. The van der Waals surface area contributed by atoms with Crippen molar-refractivity contribution < 1.29 is 19.4 Å². The summed E-state index contributed by atoms with van der Waals surface area (Å²) >= 11 is 0. The van der Waals surface area contributed by atoms with Crippen LogP contribution in [0.5, 0.6) is 0 Å². The lowest BCUT2D eigenvalue weighted by Gasteiger charge is -2.24. The molecule has 6 heteroatoms. The molecular weight excluding hydrogens is 308 g/mol. The Balaban J connectivity index is 1.69. The number of rotatable bonds is 4. The molecule has 1 aliphatic rings. The van der Waals surface area contributed by atoms with Crippen LogP contribution < -0.4 is 0 Å². The number of benzene rings is 1. The van der Waals surface area contributed by atoms with Gasteiger partial charge in [0.05, 0.1) is 11.6 Å². The van der Waals surface area contributed by atoms with Crippen LogP contribution in [0.4, 0.5) is 4.79 Å². The van der Waals surface area contributed by atoms with Crippen molar-refractivity contribution in [1.82, 2.24) is 9.88 Å². The highest BCUT2D eigenvalue weighted by atomic mass is 16.6. The number of amides is 1. The number of ether oxygens (including phenoxy) is 1. The third-order valence-electron chi connectivity index (χ3n) is 4.08. The van der Waals surface area contributed by atoms with E-state index in [0.29, 0.717) is 6.54 Å². The first-order valence-corrected chi connectivity index (χ1v) is 7.80. The van der Waals surface area contributed by atoms with Crippen molar-refractivity contribution in [2.45, 2.75) is 25.5 Å². The SMILES string of the molecule is O=C(O)c1cncc(C2CCCN2C(=O)OCc2ccccc2)c1. The number of aromatic carboxylic acids is 1. The van der Waals surface area contributed by atoms with E-state index in [0.717, 1.165) is 24.0 Å². The summed E-state index contributed by atoms with van der Waals surface area (Å²) in [5, 5.41) is 9.09. The Morgan fingerprint density at radius 1 is 1.25 bits per heavy atom. The molecule has 0 saturated carbocycles. The molecular formula is C18H18N2O4. The third kappa shape index (κ3) is 3.53. The predicted octanol–water partition coefficient (Wildman–Crippen LogP) is 3.25. The second kappa shape index (κ2) is 7.12. The van der Waals surface area contributed by atoms with Crippen molar-refractivity contribution in [3.8, 4) is 0 Å². The Bertz CT molecular complexity index is 733. The molecule has 124 valence electrons. The van der Waals surface area contributed by atoms with Crippen LogP contribution in [0.1, 0.15) is 40.4 Å². The van der Waals surface area contributed by atoms with Gasteiger partial charge in [-0.3, -0.25) is 4.98 Å². The zero-order valence-electron chi connectivity index (χ0n) is 13.1. The Morgan fingerprint density at radius 2 is 2.04 bits per heavy atom. The van der Waals surface area contributed by atoms with Gasteiger partial charge in [-0.05, 0) is 30.0 Å². The number of aromatic nitrogens is 1. The summed E-state index contributed by atoms with van der Waals surface area (Å²) in [6.45, 7) is 0.811. The summed E-state index contributed by atoms with van der Waals surface area (Å²) in [7, 11) is 0. The highest BCUT2D eigenvalue weighted by molar-refractivity contribution is 5.87. The second-order valence-corrected chi connectivity index (χ2v) is 5.70. The summed E-state index contributed by atoms with van der Waals surface area (Å²) in [6, 6.07) is 10.9. The maximum atomic E-state index is 12.4. The zero-order chi connectivity index (χ0) is 16.9.